The van der Waals surface area contributed by atoms with Gasteiger partial charge in [0.1, 0.15) is 5.82 Å². The second kappa shape index (κ2) is 12.7. The largest absolute Gasteiger partial charge is 0.354 e. The number of rotatable bonds is 9. The van der Waals surface area contributed by atoms with Gasteiger partial charge < -0.3 is 15.5 Å². The Morgan fingerprint density at radius 2 is 1.68 bits per heavy atom. The molecule has 1 fully saturated rings. The van der Waals surface area contributed by atoms with Crippen LogP contribution in [-0.4, -0.2) is 81.1 Å². The number of aryl methyl sites for hydroxylation is 1. The van der Waals surface area contributed by atoms with Gasteiger partial charge in [-0.25, -0.2) is 10.1 Å². The van der Waals surface area contributed by atoms with Crippen molar-refractivity contribution in [1.82, 2.24) is 35.8 Å². The number of amides is 2. The molecule has 2 aromatic heterocycles. The molecule has 2 aromatic carbocycles. The number of H-pyrrole nitrogens is 1. The summed E-state index contributed by atoms with van der Waals surface area (Å²) >= 11 is 0. The van der Waals surface area contributed by atoms with Crippen molar-refractivity contribution in [3.63, 3.8) is 0 Å². The monoisotopic (exact) mass is 553 g/mol. The Morgan fingerprint density at radius 1 is 0.951 bits per heavy atom. The highest BCUT2D eigenvalue weighted by Gasteiger charge is 2.22. The third kappa shape index (κ3) is 7.31. The molecule has 4 aromatic rings. The molecule has 0 atom stereocenters. The highest BCUT2D eigenvalue weighted by Crippen LogP contribution is 2.32. The lowest BCUT2D eigenvalue weighted by atomic mass is 10.0. The van der Waals surface area contributed by atoms with Gasteiger partial charge >= 0.3 is 0 Å². The SMILES string of the molecule is Cc1ccc(CC(=O)Nc2cc(-c3ccccc3-c3nnn[nH]3)nc(N3CCN(CC(=O)NC(C)C)CC3)c2)cc1. The first-order chi connectivity index (χ1) is 19.8. The number of benzene rings is 2. The van der Waals surface area contributed by atoms with Gasteiger partial charge in [0, 0.05) is 55.1 Å². The maximum atomic E-state index is 13.1. The minimum Gasteiger partial charge on any atom is -0.354 e. The van der Waals surface area contributed by atoms with E-state index >= 15 is 0 Å². The molecule has 41 heavy (non-hydrogen) atoms. The average Bonchev–Trinajstić information content (AvgIpc) is 3.49. The Labute approximate surface area is 239 Å². The van der Waals surface area contributed by atoms with E-state index < -0.39 is 0 Å². The number of nitrogens with one attached hydrogen (secondary N) is 3. The standard InChI is InChI=1S/C30H35N9O2/c1-20(2)31-29(41)19-38-12-14-39(15-13-38)27-18-23(32-28(40)16-22-10-8-21(3)9-11-22)17-26(33-27)24-6-4-5-7-25(24)30-34-36-37-35-30/h4-11,17-18,20H,12-16,19H2,1-3H3,(H,31,41)(H,32,33,40)(H,34,35,36,37). The second-order valence-corrected chi connectivity index (χ2v) is 10.6. The topological polar surface area (TPSA) is 132 Å². The smallest absolute Gasteiger partial charge is 0.234 e. The minimum absolute atomic E-state index is 0.0330. The van der Waals surface area contributed by atoms with Gasteiger partial charge in [-0.05, 0) is 42.8 Å². The Balaban J connectivity index is 1.40. The van der Waals surface area contributed by atoms with Crippen LogP contribution in [0.3, 0.4) is 0 Å². The van der Waals surface area contributed by atoms with Crippen molar-refractivity contribution in [3.8, 4) is 22.6 Å². The lowest BCUT2D eigenvalue weighted by molar-refractivity contribution is -0.122. The van der Waals surface area contributed by atoms with Crippen molar-refractivity contribution < 1.29 is 9.59 Å². The predicted molar refractivity (Wildman–Crippen MR) is 158 cm³/mol. The average molecular weight is 554 g/mol. The zero-order chi connectivity index (χ0) is 28.8. The van der Waals surface area contributed by atoms with Gasteiger partial charge in [-0.3, -0.25) is 14.5 Å². The van der Waals surface area contributed by atoms with Crippen LogP contribution in [0.5, 0.6) is 0 Å². The number of hydrogen-bond acceptors (Lipinski definition) is 8. The molecule has 0 saturated carbocycles. The fourth-order valence-corrected chi connectivity index (χ4v) is 4.88. The van der Waals surface area contributed by atoms with E-state index in [0.717, 1.165) is 41.2 Å². The summed E-state index contributed by atoms with van der Waals surface area (Å²) in [6, 6.07) is 19.6. The van der Waals surface area contributed by atoms with E-state index in [1.54, 1.807) is 0 Å². The summed E-state index contributed by atoms with van der Waals surface area (Å²) in [6.07, 6.45) is 0.269. The number of hydrogen-bond donors (Lipinski definition) is 3. The molecule has 0 aliphatic carbocycles. The highest BCUT2D eigenvalue weighted by atomic mass is 16.2. The molecule has 11 nitrogen and oxygen atoms in total. The molecule has 1 saturated heterocycles. The fourth-order valence-electron chi connectivity index (χ4n) is 4.88. The first-order valence-electron chi connectivity index (χ1n) is 13.8. The highest BCUT2D eigenvalue weighted by molar-refractivity contribution is 5.93. The van der Waals surface area contributed by atoms with Crippen LogP contribution in [0.15, 0.2) is 60.7 Å². The number of pyridine rings is 1. The first-order valence-corrected chi connectivity index (χ1v) is 13.8. The summed E-state index contributed by atoms with van der Waals surface area (Å²) in [4.78, 5) is 34.7. The Bertz CT molecular complexity index is 1480. The van der Waals surface area contributed by atoms with E-state index in [4.69, 9.17) is 4.98 Å². The van der Waals surface area contributed by atoms with E-state index in [9.17, 15) is 9.59 Å². The molecule has 1 aliphatic heterocycles. The van der Waals surface area contributed by atoms with Crippen LogP contribution in [0.4, 0.5) is 11.5 Å². The summed E-state index contributed by atoms with van der Waals surface area (Å²) in [7, 11) is 0. The summed E-state index contributed by atoms with van der Waals surface area (Å²) in [5.74, 6) is 1.22. The van der Waals surface area contributed by atoms with E-state index in [0.29, 0.717) is 36.8 Å². The number of aromatic amines is 1. The number of nitrogens with zero attached hydrogens (tertiary/aromatic N) is 6. The zero-order valence-electron chi connectivity index (χ0n) is 23.6. The van der Waals surface area contributed by atoms with Crippen molar-refractivity contribution in [2.45, 2.75) is 33.2 Å². The van der Waals surface area contributed by atoms with Gasteiger partial charge in [0.15, 0.2) is 5.82 Å². The number of carbonyl (C=O) groups excluding carboxylic acids is 2. The molecular weight excluding hydrogens is 518 g/mol. The third-order valence-corrected chi connectivity index (χ3v) is 6.90. The molecule has 5 rings (SSSR count). The molecule has 212 valence electrons. The third-order valence-electron chi connectivity index (χ3n) is 6.90. The molecule has 3 heterocycles. The predicted octanol–water partition coefficient (Wildman–Crippen LogP) is 3.06. The van der Waals surface area contributed by atoms with Crippen molar-refractivity contribution in [1.29, 1.82) is 0 Å². The van der Waals surface area contributed by atoms with Crippen molar-refractivity contribution >= 4 is 23.3 Å². The number of carbonyl (C=O) groups is 2. The lowest BCUT2D eigenvalue weighted by Gasteiger charge is -2.35. The van der Waals surface area contributed by atoms with Crippen LogP contribution in [0.1, 0.15) is 25.0 Å². The Kier molecular flexibility index (Phi) is 8.64. The first kappa shape index (κ1) is 27.9. The van der Waals surface area contributed by atoms with Crippen LogP contribution in [-0.2, 0) is 16.0 Å². The van der Waals surface area contributed by atoms with Crippen LogP contribution in [0, 0.1) is 6.92 Å². The molecule has 0 bridgehead atoms. The quantitative estimate of drug-likeness (QED) is 0.288. The van der Waals surface area contributed by atoms with Gasteiger partial charge in [-0.1, -0.05) is 54.1 Å². The van der Waals surface area contributed by atoms with Crippen molar-refractivity contribution in [2.24, 2.45) is 0 Å². The van der Waals surface area contributed by atoms with Crippen molar-refractivity contribution in [2.75, 3.05) is 42.9 Å². The molecule has 0 unspecified atom stereocenters. The molecule has 1 aliphatic rings. The van der Waals surface area contributed by atoms with Gasteiger partial charge in [-0.15, -0.1) is 5.10 Å². The summed E-state index contributed by atoms with van der Waals surface area (Å²) < 4.78 is 0. The Morgan fingerprint density at radius 3 is 2.37 bits per heavy atom. The van der Waals surface area contributed by atoms with Crippen LogP contribution in [0.25, 0.3) is 22.6 Å². The zero-order valence-corrected chi connectivity index (χ0v) is 23.6. The molecule has 0 spiro atoms. The number of tetrazole rings is 1. The van der Waals surface area contributed by atoms with E-state index in [1.165, 1.54) is 0 Å². The van der Waals surface area contributed by atoms with Gasteiger partial charge in [0.05, 0.1) is 18.7 Å². The van der Waals surface area contributed by atoms with Crippen LogP contribution in [0.2, 0.25) is 0 Å². The molecule has 11 heteroatoms. The minimum atomic E-state index is -0.106. The van der Waals surface area contributed by atoms with Gasteiger partial charge in [0.25, 0.3) is 0 Å². The van der Waals surface area contributed by atoms with Crippen LogP contribution < -0.4 is 15.5 Å². The maximum absolute atomic E-state index is 13.1. The van der Waals surface area contributed by atoms with Crippen molar-refractivity contribution in [3.05, 3.63) is 71.8 Å². The molecule has 0 radical (unpaired) electrons. The maximum Gasteiger partial charge on any atom is 0.234 e. The number of piperazine rings is 1. The molecular formula is C30H35N9O2. The van der Waals surface area contributed by atoms with E-state index in [2.05, 4.69) is 41.1 Å². The van der Waals surface area contributed by atoms with E-state index in [1.807, 2.05) is 81.4 Å². The lowest BCUT2D eigenvalue weighted by Crippen LogP contribution is -2.50. The van der Waals surface area contributed by atoms with E-state index in [-0.39, 0.29) is 24.3 Å². The molecule has 3 N–H and O–H groups in total. The number of anilines is 2. The fraction of sp³-hybridized carbons (Fsp3) is 0.333. The van der Waals surface area contributed by atoms with Gasteiger partial charge in [-0.2, -0.15) is 0 Å². The summed E-state index contributed by atoms with van der Waals surface area (Å²) in [5.41, 5.74) is 5.10. The van der Waals surface area contributed by atoms with Gasteiger partial charge in [0.2, 0.25) is 11.8 Å². The second-order valence-electron chi connectivity index (χ2n) is 10.6. The summed E-state index contributed by atoms with van der Waals surface area (Å²) in [6.45, 7) is 9.19. The number of aromatic nitrogens is 5. The Hall–Kier alpha value is -4.64. The van der Waals surface area contributed by atoms with Crippen LogP contribution >= 0.6 is 0 Å². The summed E-state index contributed by atoms with van der Waals surface area (Å²) in [5, 5.41) is 20.4. The normalized spacial score (nSPS) is 13.8. The molecule has 2 amide bonds.